The Bertz CT molecular complexity index is 629. The number of rotatable bonds is 7. The van der Waals surface area contributed by atoms with Crippen molar-refractivity contribution in [3.05, 3.63) is 28.3 Å². The first-order valence-electron chi connectivity index (χ1n) is 5.92. The lowest BCUT2D eigenvalue weighted by atomic mass is 9.98. The highest BCUT2D eigenvalue weighted by molar-refractivity contribution is 8.13. The lowest BCUT2D eigenvalue weighted by Gasteiger charge is -2.23. The average molecular weight is 338 g/mol. The van der Waals surface area contributed by atoms with Gasteiger partial charge in [-0.15, -0.1) is 0 Å². The molecule has 118 valence electrons. The molecule has 0 aromatic heterocycles. The number of hydrogen-bond acceptors (Lipinski definition) is 6. The summed E-state index contributed by atoms with van der Waals surface area (Å²) in [6.45, 7) is 3.34. The van der Waals surface area contributed by atoms with Crippen molar-refractivity contribution in [1.82, 2.24) is 0 Å². The van der Waals surface area contributed by atoms with Crippen LogP contribution in [-0.2, 0) is 9.05 Å². The van der Waals surface area contributed by atoms with E-state index in [1.807, 2.05) is 0 Å². The van der Waals surface area contributed by atoms with Crippen LogP contribution in [0.15, 0.2) is 18.2 Å². The van der Waals surface area contributed by atoms with E-state index in [1.165, 1.54) is 25.3 Å². The Morgan fingerprint density at radius 1 is 1.33 bits per heavy atom. The molecule has 1 aromatic carbocycles. The van der Waals surface area contributed by atoms with Gasteiger partial charge in [-0.2, -0.15) is 0 Å². The van der Waals surface area contributed by atoms with E-state index in [4.69, 9.17) is 20.2 Å². The van der Waals surface area contributed by atoms with Crippen molar-refractivity contribution in [3.8, 4) is 11.5 Å². The third-order valence-electron chi connectivity index (χ3n) is 2.54. The number of halogens is 1. The predicted molar refractivity (Wildman–Crippen MR) is 78.6 cm³/mol. The molecule has 1 rings (SSSR count). The molecule has 0 aliphatic heterocycles. The summed E-state index contributed by atoms with van der Waals surface area (Å²) in [5.74, 6) is 0.218. The number of nitrogens with zero attached hydrogens (tertiary/aromatic N) is 1. The van der Waals surface area contributed by atoms with E-state index in [1.54, 1.807) is 13.8 Å². The van der Waals surface area contributed by atoms with E-state index < -0.39 is 19.4 Å². The van der Waals surface area contributed by atoms with Gasteiger partial charge in [0.05, 0.1) is 30.5 Å². The normalized spacial score (nSPS) is 12.0. The largest absolute Gasteiger partial charge is 0.493 e. The van der Waals surface area contributed by atoms with Gasteiger partial charge in [0, 0.05) is 22.2 Å². The van der Waals surface area contributed by atoms with Gasteiger partial charge in [0.2, 0.25) is 9.05 Å². The van der Waals surface area contributed by atoms with E-state index in [9.17, 15) is 18.5 Å². The lowest BCUT2D eigenvalue weighted by molar-refractivity contribution is -0.385. The molecular formula is C12H16ClNO6S. The number of nitro groups is 1. The fourth-order valence-corrected chi connectivity index (χ4v) is 3.58. The molecule has 1 aromatic rings. The molecule has 0 aliphatic carbocycles. The van der Waals surface area contributed by atoms with Gasteiger partial charge in [-0.05, 0) is 6.07 Å². The number of ether oxygens (including phenoxy) is 2. The van der Waals surface area contributed by atoms with Crippen LogP contribution in [0.5, 0.6) is 11.5 Å². The third kappa shape index (κ3) is 5.76. The molecule has 21 heavy (non-hydrogen) atoms. The monoisotopic (exact) mass is 337 g/mol. The molecule has 0 fully saturated rings. The van der Waals surface area contributed by atoms with E-state index in [2.05, 4.69) is 0 Å². The molecular weight excluding hydrogens is 322 g/mol. The zero-order valence-corrected chi connectivity index (χ0v) is 13.4. The Morgan fingerprint density at radius 2 is 1.95 bits per heavy atom. The van der Waals surface area contributed by atoms with Crippen LogP contribution < -0.4 is 9.47 Å². The summed E-state index contributed by atoms with van der Waals surface area (Å²) < 4.78 is 32.8. The predicted octanol–water partition coefficient (Wildman–Crippen LogP) is 2.58. The summed E-state index contributed by atoms with van der Waals surface area (Å²) in [6.07, 6.45) is 0. The zero-order chi connectivity index (χ0) is 16.3. The minimum atomic E-state index is -3.67. The summed E-state index contributed by atoms with van der Waals surface area (Å²) in [5, 5.41) is 10.8. The van der Waals surface area contributed by atoms with Crippen molar-refractivity contribution in [2.75, 3.05) is 19.5 Å². The molecule has 7 nitrogen and oxygen atoms in total. The van der Waals surface area contributed by atoms with Gasteiger partial charge in [-0.25, -0.2) is 8.42 Å². The lowest BCUT2D eigenvalue weighted by Crippen LogP contribution is -2.28. The molecule has 9 heteroatoms. The van der Waals surface area contributed by atoms with Gasteiger partial charge in [0.15, 0.2) is 11.5 Å². The van der Waals surface area contributed by atoms with Crippen molar-refractivity contribution in [2.24, 2.45) is 5.41 Å². The highest BCUT2D eigenvalue weighted by Gasteiger charge is 2.26. The fourth-order valence-electron chi connectivity index (χ4n) is 1.67. The minimum absolute atomic E-state index is 0.0104. The number of benzene rings is 1. The van der Waals surface area contributed by atoms with Crippen LogP contribution in [0.25, 0.3) is 0 Å². The van der Waals surface area contributed by atoms with Gasteiger partial charge in [-0.1, -0.05) is 13.8 Å². The SMILES string of the molecule is COc1ccc([N+](=O)[O-])cc1OCC(C)(C)CS(=O)(=O)Cl. The maximum atomic E-state index is 11.1. The number of hydrogen-bond donors (Lipinski definition) is 0. The van der Waals surface area contributed by atoms with Crippen molar-refractivity contribution in [3.63, 3.8) is 0 Å². The van der Waals surface area contributed by atoms with Crippen LogP contribution in [0, 0.1) is 15.5 Å². The topological polar surface area (TPSA) is 95.7 Å². The van der Waals surface area contributed by atoms with E-state index in [0.29, 0.717) is 5.75 Å². The Morgan fingerprint density at radius 3 is 2.43 bits per heavy atom. The molecule has 0 radical (unpaired) electrons. The van der Waals surface area contributed by atoms with Gasteiger partial charge in [0.25, 0.3) is 5.69 Å². The van der Waals surface area contributed by atoms with Gasteiger partial charge in [-0.3, -0.25) is 10.1 Å². The van der Waals surface area contributed by atoms with Crippen LogP contribution in [0.2, 0.25) is 0 Å². The van der Waals surface area contributed by atoms with Gasteiger partial charge >= 0.3 is 0 Å². The van der Waals surface area contributed by atoms with Crippen molar-refractivity contribution in [1.29, 1.82) is 0 Å². The second-order valence-corrected chi connectivity index (χ2v) is 8.01. The van der Waals surface area contributed by atoms with Gasteiger partial charge in [0.1, 0.15) is 0 Å². The van der Waals surface area contributed by atoms with Crippen LogP contribution in [-0.4, -0.2) is 32.8 Å². The highest BCUT2D eigenvalue weighted by atomic mass is 35.7. The second-order valence-electron chi connectivity index (χ2n) is 5.23. The smallest absolute Gasteiger partial charge is 0.273 e. The Labute approximate surface area is 127 Å². The summed E-state index contributed by atoms with van der Waals surface area (Å²) in [7, 11) is 2.96. The van der Waals surface area contributed by atoms with Crippen LogP contribution in [0.3, 0.4) is 0 Å². The van der Waals surface area contributed by atoms with Crippen LogP contribution >= 0.6 is 10.7 Å². The second kappa shape index (κ2) is 6.48. The highest BCUT2D eigenvalue weighted by Crippen LogP contribution is 2.32. The standard InChI is InChI=1S/C12H16ClNO6S/c1-12(2,8-21(13,17)18)7-20-11-6-9(14(15)16)4-5-10(11)19-3/h4-6H,7-8H2,1-3H3. The summed E-state index contributed by atoms with van der Waals surface area (Å²) in [5.41, 5.74) is -0.899. The van der Waals surface area contributed by atoms with Crippen LogP contribution in [0.1, 0.15) is 13.8 Å². The number of methoxy groups -OCH3 is 1. The zero-order valence-electron chi connectivity index (χ0n) is 11.8. The molecule has 0 amide bonds. The average Bonchev–Trinajstić information content (AvgIpc) is 2.33. The summed E-state index contributed by atoms with van der Waals surface area (Å²) >= 11 is 0. The van der Waals surface area contributed by atoms with E-state index >= 15 is 0 Å². The quantitative estimate of drug-likeness (QED) is 0.431. The first-order valence-corrected chi connectivity index (χ1v) is 8.39. The molecule has 0 unspecified atom stereocenters. The van der Waals surface area contributed by atoms with Crippen molar-refractivity contribution >= 4 is 25.4 Å². The van der Waals surface area contributed by atoms with Crippen molar-refractivity contribution < 1.29 is 22.8 Å². The molecule has 0 N–H and O–H groups in total. The van der Waals surface area contributed by atoms with E-state index in [0.717, 1.165) is 0 Å². The maximum Gasteiger partial charge on any atom is 0.273 e. The van der Waals surface area contributed by atoms with Crippen LogP contribution in [0.4, 0.5) is 5.69 Å². The minimum Gasteiger partial charge on any atom is -0.493 e. The fraction of sp³-hybridized carbons (Fsp3) is 0.500. The van der Waals surface area contributed by atoms with Gasteiger partial charge < -0.3 is 9.47 Å². The first-order chi connectivity index (χ1) is 9.54. The van der Waals surface area contributed by atoms with E-state index in [-0.39, 0.29) is 23.8 Å². The molecule has 0 saturated carbocycles. The molecule has 0 aliphatic rings. The Hall–Kier alpha value is -1.54. The molecule has 0 atom stereocenters. The first kappa shape index (κ1) is 17.5. The maximum absolute atomic E-state index is 11.1. The number of non-ortho nitro benzene ring substituents is 1. The Kier molecular flexibility index (Phi) is 5.41. The molecule has 0 spiro atoms. The van der Waals surface area contributed by atoms with Crippen molar-refractivity contribution in [2.45, 2.75) is 13.8 Å². The summed E-state index contributed by atoms with van der Waals surface area (Å²) in [4.78, 5) is 10.2. The number of nitro benzene ring substituents is 1. The molecule has 0 heterocycles. The Balaban J connectivity index is 2.91. The molecule has 0 bridgehead atoms. The molecule has 0 saturated heterocycles. The summed E-state index contributed by atoms with van der Waals surface area (Å²) in [6, 6.07) is 3.93. The third-order valence-corrected chi connectivity index (χ3v) is 3.99.